The Hall–Kier alpha value is -2.76. The third-order valence-corrected chi connectivity index (χ3v) is 3.91. The molecule has 0 N–H and O–H groups in total. The van der Waals surface area contributed by atoms with Crippen molar-refractivity contribution in [1.29, 1.82) is 0 Å². The molecule has 0 amide bonds. The third-order valence-electron chi connectivity index (χ3n) is 3.91. The summed E-state index contributed by atoms with van der Waals surface area (Å²) in [4.78, 5) is 0. The molecule has 0 spiro atoms. The lowest BCUT2D eigenvalue weighted by Crippen LogP contribution is -2.00. The zero-order chi connectivity index (χ0) is 17.4. The molecule has 0 unspecified atom stereocenters. The molecule has 6 heteroatoms. The van der Waals surface area contributed by atoms with Crippen LogP contribution in [0.2, 0.25) is 0 Å². The van der Waals surface area contributed by atoms with E-state index in [2.05, 4.69) is 11.7 Å². The number of methoxy groups -OCH3 is 1. The van der Waals surface area contributed by atoms with E-state index in [0.717, 1.165) is 0 Å². The number of allylic oxidation sites excluding steroid dienone is 1. The SMILES string of the molecule is C=CCn1nc2c(C)c(F)c(F)c(F)c2c1-c1ccc(OC)cc1. The minimum Gasteiger partial charge on any atom is -0.497 e. The van der Waals surface area contributed by atoms with Crippen LogP contribution in [-0.4, -0.2) is 16.9 Å². The summed E-state index contributed by atoms with van der Waals surface area (Å²) < 4.78 is 48.8. The summed E-state index contributed by atoms with van der Waals surface area (Å²) in [6.07, 6.45) is 1.58. The second kappa shape index (κ2) is 6.03. The van der Waals surface area contributed by atoms with E-state index >= 15 is 0 Å². The predicted octanol–water partition coefficient (Wildman–Crippen LogP) is 4.62. The van der Waals surface area contributed by atoms with Gasteiger partial charge in [0, 0.05) is 11.1 Å². The highest BCUT2D eigenvalue weighted by atomic mass is 19.2. The van der Waals surface area contributed by atoms with Crippen molar-refractivity contribution in [1.82, 2.24) is 9.78 Å². The molecule has 3 aromatic rings. The van der Waals surface area contributed by atoms with Gasteiger partial charge in [-0.1, -0.05) is 6.08 Å². The second-order valence-electron chi connectivity index (χ2n) is 5.34. The highest BCUT2D eigenvalue weighted by Gasteiger charge is 2.25. The van der Waals surface area contributed by atoms with E-state index in [1.165, 1.54) is 18.7 Å². The molecule has 3 nitrogen and oxygen atoms in total. The van der Waals surface area contributed by atoms with Gasteiger partial charge in [0.25, 0.3) is 0 Å². The van der Waals surface area contributed by atoms with Gasteiger partial charge >= 0.3 is 0 Å². The van der Waals surface area contributed by atoms with E-state index in [9.17, 15) is 13.2 Å². The largest absolute Gasteiger partial charge is 0.497 e. The van der Waals surface area contributed by atoms with Gasteiger partial charge < -0.3 is 4.74 Å². The molecule has 3 rings (SSSR count). The van der Waals surface area contributed by atoms with Crippen molar-refractivity contribution in [3.63, 3.8) is 0 Å². The Labute approximate surface area is 137 Å². The number of halogens is 3. The molecule has 0 aliphatic carbocycles. The Morgan fingerprint density at radius 3 is 2.38 bits per heavy atom. The van der Waals surface area contributed by atoms with Crippen molar-refractivity contribution < 1.29 is 17.9 Å². The minimum atomic E-state index is -1.49. The molecule has 0 saturated heterocycles. The number of aromatic nitrogens is 2. The van der Waals surface area contributed by atoms with Crippen LogP contribution in [0, 0.1) is 24.4 Å². The van der Waals surface area contributed by atoms with Crippen molar-refractivity contribution in [3.05, 3.63) is 59.9 Å². The molecule has 0 radical (unpaired) electrons. The zero-order valence-electron chi connectivity index (χ0n) is 13.2. The Morgan fingerprint density at radius 1 is 1.12 bits per heavy atom. The van der Waals surface area contributed by atoms with E-state index in [4.69, 9.17) is 4.74 Å². The zero-order valence-corrected chi connectivity index (χ0v) is 13.2. The lowest BCUT2D eigenvalue weighted by atomic mass is 10.0. The van der Waals surface area contributed by atoms with E-state index in [0.29, 0.717) is 17.0 Å². The number of benzene rings is 2. The Morgan fingerprint density at radius 2 is 1.79 bits per heavy atom. The summed E-state index contributed by atoms with van der Waals surface area (Å²) in [5.41, 5.74) is 1.05. The van der Waals surface area contributed by atoms with Crippen molar-refractivity contribution in [2.24, 2.45) is 0 Å². The average molecular weight is 332 g/mol. The molecule has 0 fully saturated rings. The first-order valence-corrected chi connectivity index (χ1v) is 7.28. The van der Waals surface area contributed by atoms with Crippen LogP contribution < -0.4 is 4.74 Å². The van der Waals surface area contributed by atoms with Crippen LogP contribution in [0.4, 0.5) is 13.2 Å². The number of hydrogen-bond donors (Lipinski definition) is 0. The molecular formula is C18H15F3N2O. The highest BCUT2D eigenvalue weighted by molar-refractivity contribution is 5.95. The molecule has 0 bridgehead atoms. The van der Waals surface area contributed by atoms with Crippen LogP contribution in [0.5, 0.6) is 5.75 Å². The molecule has 124 valence electrons. The van der Waals surface area contributed by atoms with Gasteiger partial charge in [-0.15, -0.1) is 6.58 Å². The van der Waals surface area contributed by atoms with Gasteiger partial charge in [0.2, 0.25) is 0 Å². The fourth-order valence-electron chi connectivity index (χ4n) is 2.70. The van der Waals surface area contributed by atoms with Gasteiger partial charge in [-0.3, -0.25) is 4.68 Å². The fraction of sp³-hybridized carbons (Fsp3) is 0.167. The normalized spacial score (nSPS) is 11.0. The molecule has 1 heterocycles. The van der Waals surface area contributed by atoms with Crippen LogP contribution in [0.3, 0.4) is 0 Å². The number of nitrogens with zero attached hydrogens (tertiary/aromatic N) is 2. The Bertz CT molecular complexity index is 930. The van der Waals surface area contributed by atoms with Gasteiger partial charge in [0.15, 0.2) is 17.5 Å². The quantitative estimate of drug-likeness (QED) is 0.515. The predicted molar refractivity (Wildman–Crippen MR) is 86.5 cm³/mol. The van der Waals surface area contributed by atoms with E-state index in [1.54, 1.807) is 30.3 Å². The second-order valence-corrected chi connectivity index (χ2v) is 5.34. The van der Waals surface area contributed by atoms with Crippen LogP contribution in [0.15, 0.2) is 36.9 Å². The first kappa shape index (κ1) is 16.1. The van der Waals surface area contributed by atoms with Crippen LogP contribution >= 0.6 is 0 Å². The van der Waals surface area contributed by atoms with Gasteiger partial charge in [-0.25, -0.2) is 13.2 Å². The van der Waals surface area contributed by atoms with Gasteiger partial charge in [0.05, 0.1) is 24.7 Å². The number of fused-ring (bicyclic) bond motifs is 1. The highest BCUT2D eigenvalue weighted by Crippen LogP contribution is 2.35. The van der Waals surface area contributed by atoms with E-state index in [-0.39, 0.29) is 23.0 Å². The maximum Gasteiger partial charge on any atom is 0.195 e. The average Bonchev–Trinajstić information content (AvgIpc) is 2.98. The summed E-state index contributed by atoms with van der Waals surface area (Å²) in [5, 5.41) is 4.21. The number of rotatable bonds is 4. The summed E-state index contributed by atoms with van der Waals surface area (Å²) in [6, 6.07) is 6.84. The number of aryl methyl sites for hydroxylation is 1. The maximum atomic E-state index is 14.5. The molecular weight excluding hydrogens is 317 g/mol. The van der Waals surface area contributed by atoms with Crippen molar-refractivity contribution in [2.45, 2.75) is 13.5 Å². The molecule has 0 aliphatic rings. The fourth-order valence-corrected chi connectivity index (χ4v) is 2.70. The van der Waals surface area contributed by atoms with Crippen LogP contribution in [-0.2, 0) is 6.54 Å². The van der Waals surface area contributed by atoms with Crippen molar-refractivity contribution >= 4 is 10.9 Å². The molecule has 0 aliphatic heterocycles. The minimum absolute atomic E-state index is 0.0264. The summed E-state index contributed by atoms with van der Waals surface area (Å²) >= 11 is 0. The lowest BCUT2D eigenvalue weighted by Gasteiger charge is -2.08. The van der Waals surface area contributed by atoms with Gasteiger partial charge in [-0.05, 0) is 31.2 Å². The molecule has 2 aromatic carbocycles. The first-order chi connectivity index (χ1) is 11.5. The Balaban J connectivity index is 2.39. The van der Waals surface area contributed by atoms with Crippen LogP contribution in [0.25, 0.3) is 22.2 Å². The number of ether oxygens (including phenoxy) is 1. The summed E-state index contributed by atoms with van der Waals surface area (Å²) in [7, 11) is 1.54. The van der Waals surface area contributed by atoms with Crippen molar-refractivity contribution in [2.75, 3.05) is 7.11 Å². The maximum absolute atomic E-state index is 14.5. The van der Waals surface area contributed by atoms with E-state index < -0.39 is 17.5 Å². The smallest absolute Gasteiger partial charge is 0.195 e. The standard InChI is InChI=1S/C18H15F3N2O/c1-4-9-23-18(11-5-7-12(24-3)8-6-11)13-15(20)16(21)14(19)10(2)17(13)22-23/h4-8H,1,9H2,2-3H3. The van der Waals surface area contributed by atoms with Crippen LogP contribution in [0.1, 0.15) is 5.56 Å². The molecule has 0 atom stereocenters. The van der Waals surface area contributed by atoms with Gasteiger partial charge in [0.1, 0.15) is 11.3 Å². The Kier molecular flexibility index (Phi) is 4.05. The molecule has 1 aromatic heterocycles. The first-order valence-electron chi connectivity index (χ1n) is 7.28. The molecule has 0 saturated carbocycles. The van der Waals surface area contributed by atoms with E-state index in [1.807, 2.05) is 0 Å². The third kappa shape index (κ3) is 2.35. The monoisotopic (exact) mass is 332 g/mol. The topological polar surface area (TPSA) is 27.1 Å². The van der Waals surface area contributed by atoms with Crippen molar-refractivity contribution in [3.8, 4) is 17.0 Å². The van der Waals surface area contributed by atoms with Gasteiger partial charge in [-0.2, -0.15) is 5.10 Å². The molecule has 24 heavy (non-hydrogen) atoms. The summed E-state index contributed by atoms with van der Waals surface area (Å²) in [5.74, 6) is -3.32. The lowest BCUT2D eigenvalue weighted by molar-refractivity contribution is 0.415. The number of hydrogen-bond acceptors (Lipinski definition) is 2. The summed E-state index contributed by atoms with van der Waals surface area (Å²) in [6.45, 7) is 5.30.